The van der Waals surface area contributed by atoms with Gasteiger partial charge in [0.15, 0.2) is 6.29 Å². The molecule has 1 saturated heterocycles. The number of thioether (sulfide) groups is 1. The lowest BCUT2D eigenvalue weighted by Gasteiger charge is -2.41. The summed E-state index contributed by atoms with van der Waals surface area (Å²) in [5.41, 5.74) is 3.73. The van der Waals surface area contributed by atoms with Gasteiger partial charge in [-0.3, -0.25) is 9.59 Å². The van der Waals surface area contributed by atoms with Gasteiger partial charge in [0.1, 0.15) is 0 Å². The quantitative estimate of drug-likeness (QED) is 0.251. The van der Waals surface area contributed by atoms with E-state index in [1.165, 1.54) is 4.90 Å². The van der Waals surface area contributed by atoms with Gasteiger partial charge in [-0.05, 0) is 35.2 Å². The molecule has 4 unspecified atom stereocenters. The fourth-order valence-corrected chi connectivity index (χ4v) is 5.58. The van der Waals surface area contributed by atoms with Gasteiger partial charge in [0, 0.05) is 41.5 Å². The molecule has 1 heterocycles. The molecule has 0 aromatic heterocycles. The summed E-state index contributed by atoms with van der Waals surface area (Å²) in [5.74, 6) is -0.178. The van der Waals surface area contributed by atoms with Gasteiger partial charge in [-0.2, -0.15) is 0 Å². The van der Waals surface area contributed by atoms with Crippen LogP contribution < -0.4 is 5.32 Å². The number of aliphatic carboxylic acids is 1. The highest BCUT2D eigenvalue weighted by Gasteiger charge is 2.38. The number of carboxylic acids is 1. The average molecular weight is 550 g/mol. The molecule has 206 valence electrons. The third-order valence-electron chi connectivity index (χ3n) is 6.82. The highest BCUT2D eigenvalue weighted by molar-refractivity contribution is 7.99. The van der Waals surface area contributed by atoms with E-state index in [-0.39, 0.29) is 43.5 Å². The van der Waals surface area contributed by atoms with E-state index in [1.54, 1.807) is 11.8 Å². The minimum atomic E-state index is -0.898. The fourth-order valence-electron chi connectivity index (χ4n) is 4.49. The summed E-state index contributed by atoms with van der Waals surface area (Å²) in [6.45, 7) is 2.52. The molecular formula is C31H35NO6S. The first kappa shape index (κ1) is 28.8. The van der Waals surface area contributed by atoms with Crippen LogP contribution in [-0.2, 0) is 32.2 Å². The van der Waals surface area contributed by atoms with Crippen molar-refractivity contribution in [2.75, 3.05) is 5.75 Å². The van der Waals surface area contributed by atoms with Gasteiger partial charge in [-0.25, -0.2) is 0 Å². The molecule has 7 nitrogen and oxygen atoms in total. The Hall–Kier alpha value is -3.17. The number of aliphatic hydroxyl groups is 1. The maximum atomic E-state index is 12.0. The Morgan fingerprint density at radius 3 is 2.21 bits per heavy atom. The first-order valence-electron chi connectivity index (χ1n) is 13.2. The van der Waals surface area contributed by atoms with Gasteiger partial charge >= 0.3 is 5.97 Å². The molecule has 0 radical (unpaired) electrons. The van der Waals surface area contributed by atoms with Crippen LogP contribution in [0.1, 0.15) is 60.8 Å². The molecule has 1 aliphatic rings. The maximum absolute atomic E-state index is 12.0. The van der Waals surface area contributed by atoms with Crippen molar-refractivity contribution < 1.29 is 29.3 Å². The summed E-state index contributed by atoms with van der Waals surface area (Å²) < 4.78 is 13.0. The predicted octanol–water partition coefficient (Wildman–Crippen LogP) is 5.63. The standard InChI is InChI=1S/C31H35NO6S/c1-21-27(20-39-26-6-3-2-4-7-26)37-31(38-30(21)24-14-12-23(19-33)13-15-24)25-16-10-22(11-17-25)18-32-28(34)8-5-9-29(35)36/h2-4,6-7,10-17,21,27,30-31,33H,5,8-9,18-20H2,1H3,(H,32,34)(H,35,36). The zero-order chi connectivity index (χ0) is 27.6. The first-order chi connectivity index (χ1) is 18.9. The Labute approximate surface area is 233 Å². The minimum absolute atomic E-state index is 0.00142. The zero-order valence-electron chi connectivity index (χ0n) is 22.0. The van der Waals surface area contributed by atoms with Crippen molar-refractivity contribution in [2.24, 2.45) is 5.92 Å². The minimum Gasteiger partial charge on any atom is -0.481 e. The van der Waals surface area contributed by atoms with E-state index in [2.05, 4.69) is 24.4 Å². The molecule has 0 bridgehead atoms. The van der Waals surface area contributed by atoms with E-state index in [9.17, 15) is 14.7 Å². The SMILES string of the molecule is CC1C(CSc2ccccc2)OC(c2ccc(CNC(=O)CCCC(=O)O)cc2)OC1c1ccc(CO)cc1. The van der Waals surface area contributed by atoms with Crippen LogP contribution >= 0.6 is 11.8 Å². The Morgan fingerprint density at radius 2 is 1.54 bits per heavy atom. The van der Waals surface area contributed by atoms with Crippen LogP contribution in [0.25, 0.3) is 0 Å². The van der Waals surface area contributed by atoms with Crippen LogP contribution in [0.15, 0.2) is 83.8 Å². The number of benzene rings is 3. The summed E-state index contributed by atoms with van der Waals surface area (Å²) in [5, 5.41) is 21.0. The molecule has 4 rings (SSSR count). The molecule has 1 aliphatic heterocycles. The van der Waals surface area contributed by atoms with E-state index >= 15 is 0 Å². The third-order valence-corrected chi connectivity index (χ3v) is 7.92. The van der Waals surface area contributed by atoms with Crippen molar-refractivity contribution in [2.45, 2.75) is 62.7 Å². The number of amides is 1. The number of hydrogen-bond acceptors (Lipinski definition) is 6. The lowest BCUT2D eigenvalue weighted by Crippen LogP contribution is -2.38. The van der Waals surface area contributed by atoms with Crippen molar-refractivity contribution in [3.8, 4) is 0 Å². The summed E-state index contributed by atoms with van der Waals surface area (Å²) >= 11 is 1.76. The second kappa shape index (κ2) is 14.3. The second-order valence-corrected chi connectivity index (χ2v) is 10.8. The summed E-state index contributed by atoms with van der Waals surface area (Å²) in [6, 6.07) is 25.9. The normalized spacial score (nSPS) is 20.9. The fraction of sp³-hybridized carbons (Fsp3) is 0.355. The van der Waals surface area contributed by atoms with Gasteiger partial charge in [0.25, 0.3) is 0 Å². The molecule has 0 saturated carbocycles. The number of ether oxygens (including phenoxy) is 2. The van der Waals surface area contributed by atoms with Crippen molar-refractivity contribution in [3.05, 3.63) is 101 Å². The molecule has 3 N–H and O–H groups in total. The third kappa shape index (κ3) is 8.41. The molecule has 3 aromatic rings. The lowest BCUT2D eigenvalue weighted by atomic mass is 9.91. The summed E-state index contributed by atoms with van der Waals surface area (Å²) in [6.07, 6.45) is -0.286. The van der Waals surface area contributed by atoms with E-state index in [0.717, 1.165) is 28.0 Å². The first-order valence-corrected chi connectivity index (χ1v) is 14.2. The van der Waals surface area contributed by atoms with Crippen LogP contribution in [0.5, 0.6) is 0 Å². The largest absolute Gasteiger partial charge is 0.481 e. The number of rotatable bonds is 12. The molecule has 8 heteroatoms. The molecule has 0 aliphatic carbocycles. The number of hydrogen-bond donors (Lipinski definition) is 3. The summed E-state index contributed by atoms with van der Waals surface area (Å²) in [7, 11) is 0. The number of carbonyl (C=O) groups excluding carboxylic acids is 1. The predicted molar refractivity (Wildman–Crippen MR) is 150 cm³/mol. The topological polar surface area (TPSA) is 105 Å². The smallest absolute Gasteiger partial charge is 0.303 e. The van der Waals surface area contributed by atoms with E-state index in [4.69, 9.17) is 14.6 Å². The Morgan fingerprint density at radius 1 is 0.872 bits per heavy atom. The molecule has 0 spiro atoms. The Balaban J connectivity index is 1.44. The molecule has 39 heavy (non-hydrogen) atoms. The molecular weight excluding hydrogens is 514 g/mol. The maximum Gasteiger partial charge on any atom is 0.303 e. The van der Waals surface area contributed by atoms with E-state index in [1.807, 2.05) is 66.7 Å². The van der Waals surface area contributed by atoms with Crippen LogP contribution in [0.2, 0.25) is 0 Å². The van der Waals surface area contributed by atoms with Gasteiger partial charge in [-0.1, -0.05) is 73.7 Å². The summed E-state index contributed by atoms with van der Waals surface area (Å²) in [4.78, 5) is 23.8. The molecule has 1 fully saturated rings. The van der Waals surface area contributed by atoms with Gasteiger partial charge in [0.05, 0.1) is 18.8 Å². The number of carboxylic acid groups (broad SMARTS) is 1. The molecule has 4 atom stereocenters. The van der Waals surface area contributed by atoms with Crippen LogP contribution in [0, 0.1) is 5.92 Å². The van der Waals surface area contributed by atoms with E-state index in [0.29, 0.717) is 13.0 Å². The number of nitrogens with one attached hydrogen (secondary N) is 1. The Bertz CT molecular complexity index is 1200. The Kier molecular flexibility index (Phi) is 10.6. The van der Waals surface area contributed by atoms with E-state index < -0.39 is 12.3 Å². The molecule has 1 amide bonds. The van der Waals surface area contributed by atoms with Gasteiger partial charge in [0.2, 0.25) is 5.91 Å². The number of aliphatic hydroxyl groups excluding tert-OH is 1. The van der Waals surface area contributed by atoms with Crippen LogP contribution in [-0.4, -0.2) is 33.9 Å². The zero-order valence-corrected chi connectivity index (χ0v) is 22.8. The van der Waals surface area contributed by atoms with Crippen molar-refractivity contribution in [3.63, 3.8) is 0 Å². The highest BCUT2D eigenvalue weighted by Crippen LogP contribution is 2.43. The van der Waals surface area contributed by atoms with Crippen LogP contribution in [0.3, 0.4) is 0 Å². The van der Waals surface area contributed by atoms with Crippen molar-refractivity contribution in [1.29, 1.82) is 0 Å². The van der Waals surface area contributed by atoms with Crippen LogP contribution in [0.4, 0.5) is 0 Å². The van der Waals surface area contributed by atoms with Gasteiger partial charge in [-0.15, -0.1) is 11.8 Å². The van der Waals surface area contributed by atoms with Gasteiger partial charge < -0.3 is 25.0 Å². The average Bonchev–Trinajstić information content (AvgIpc) is 2.96. The highest BCUT2D eigenvalue weighted by atomic mass is 32.2. The van der Waals surface area contributed by atoms with Crippen molar-refractivity contribution in [1.82, 2.24) is 5.32 Å². The lowest BCUT2D eigenvalue weighted by molar-refractivity contribution is -0.268. The van der Waals surface area contributed by atoms with Crippen molar-refractivity contribution >= 4 is 23.6 Å². The number of carbonyl (C=O) groups is 2. The second-order valence-electron chi connectivity index (χ2n) is 9.71. The molecule has 3 aromatic carbocycles. The monoisotopic (exact) mass is 549 g/mol.